The van der Waals surface area contributed by atoms with Crippen LogP contribution in [0.2, 0.25) is 0 Å². The van der Waals surface area contributed by atoms with Gasteiger partial charge in [-0.15, -0.1) is 0 Å². The van der Waals surface area contributed by atoms with E-state index in [1.54, 1.807) is 11.9 Å². The highest BCUT2D eigenvalue weighted by molar-refractivity contribution is 7.97. The first-order chi connectivity index (χ1) is 11.0. The molecule has 5 heteroatoms. The second-order valence-corrected chi connectivity index (χ2v) is 8.10. The molecule has 2 heterocycles. The number of likely N-dealkylation sites (tertiary alicyclic amines) is 1. The van der Waals surface area contributed by atoms with Crippen molar-refractivity contribution in [2.24, 2.45) is 5.92 Å². The lowest BCUT2D eigenvalue weighted by atomic mass is 9.92. The van der Waals surface area contributed by atoms with Crippen LogP contribution in [0.1, 0.15) is 25.8 Å². The van der Waals surface area contributed by atoms with E-state index in [0.717, 1.165) is 39.4 Å². The number of nitrogens with zero attached hydrogens (tertiary/aromatic N) is 2. The average molecular weight is 338 g/mol. The van der Waals surface area contributed by atoms with Gasteiger partial charge in [-0.3, -0.25) is 4.90 Å². The zero-order chi connectivity index (χ0) is 16.3. The molecule has 2 saturated heterocycles. The predicted molar refractivity (Wildman–Crippen MR) is 93.3 cm³/mol. The summed E-state index contributed by atoms with van der Waals surface area (Å²) in [6.45, 7) is 9.81. The van der Waals surface area contributed by atoms with E-state index in [-0.39, 0.29) is 5.92 Å². The maximum atomic E-state index is 14.7. The number of morpholine rings is 1. The Morgan fingerprint density at radius 2 is 2.04 bits per heavy atom. The molecule has 1 atom stereocenters. The molecule has 1 aromatic carbocycles. The molecule has 0 aromatic heterocycles. The van der Waals surface area contributed by atoms with Crippen LogP contribution in [0.15, 0.2) is 29.2 Å². The van der Waals surface area contributed by atoms with E-state index in [9.17, 15) is 4.39 Å². The van der Waals surface area contributed by atoms with Gasteiger partial charge in [-0.1, -0.05) is 26.0 Å². The van der Waals surface area contributed by atoms with Crippen LogP contribution in [-0.2, 0) is 11.3 Å². The highest BCUT2D eigenvalue weighted by atomic mass is 32.2. The Kier molecular flexibility index (Phi) is 5.62. The summed E-state index contributed by atoms with van der Waals surface area (Å²) in [7, 11) is 0. The lowest BCUT2D eigenvalue weighted by Gasteiger charge is -2.26. The third-order valence-corrected chi connectivity index (χ3v) is 5.96. The zero-order valence-electron chi connectivity index (χ0n) is 14.1. The number of alkyl halides is 1. The lowest BCUT2D eigenvalue weighted by molar-refractivity contribution is 0.0773. The predicted octanol–water partition coefficient (Wildman–Crippen LogP) is 3.60. The number of halogens is 1. The van der Waals surface area contributed by atoms with Gasteiger partial charge in [0.25, 0.3) is 0 Å². The minimum Gasteiger partial charge on any atom is -0.379 e. The van der Waals surface area contributed by atoms with Crippen LogP contribution in [-0.4, -0.2) is 54.3 Å². The number of benzene rings is 1. The van der Waals surface area contributed by atoms with Gasteiger partial charge in [-0.25, -0.2) is 8.70 Å². The van der Waals surface area contributed by atoms with Gasteiger partial charge in [-0.05, 0) is 42.0 Å². The Labute approximate surface area is 143 Å². The van der Waals surface area contributed by atoms with E-state index in [1.165, 1.54) is 10.5 Å². The quantitative estimate of drug-likeness (QED) is 0.762. The van der Waals surface area contributed by atoms with E-state index in [4.69, 9.17) is 4.74 Å². The molecule has 1 aromatic rings. The molecule has 128 valence electrons. The van der Waals surface area contributed by atoms with Gasteiger partial charge in [0, 0.05) is 37.6 Å². The van der Waals surface area contributed by atoms with Crippen molar-refractivity contribution in [2.45, 2.75) is 37.4 Å². The summed E-state index contributed by atoms with van der Waals surface area (Å²) in [5.74, 6) is 0.0933. The molecule has 0 N–H and O–H groups in total. The van der Waals surface area contributed by atoms with Gasteiger partial charge < -0.3 is 4.74 Å². The number of hydrogen-bond donors (Lipinski definition) is 0. The average Bonchev–Trinajstić information content (AvgIpc) is 2.91. The molecule has 3 rings (SSSR count). The zero-order valence-corrected chi connectivity index (χ0v) is 14.9. The summed E-state index contributed by atoms with van der Waals surface area (Å²) in [6.07, 6.45) is 0.660. The summed E-state index contributed by atoms with van der Waals surface area (Å²) in [6, 6.07) is 8.66. The Hall–Kier alpha value is -0.620. The molecule has 23 heavy (non-hydrogen) atoms. The third-order valence-electron chi connectivity index (χ3n) is 4.87. The van der Waals surface area contributed by atoms with E-state index < -0.39 is 5.67 Å². The summed E-state index contributed by atoms with van der Waals surface area (Å²) in [5.41, 5.74) is 0.261. The monoisotopic (exact) mass is 338 g/mol. The van der Waals surface area contributed by atoms with Crippen LogP contribution in [0.5, 0.6) is 0 Å². The van der Waals surface area contributed by atoms with E-state index in [0.29, 0.717) is 13.0 Å². The molecule has 0 amide bonds. The van der Waals surface area contributed by atoms with Crippen molar-refractivity contribution in [1.29, 1.82) is 0 Å². The fraction of sp³-hybridized carbons (Fsp3) is 0.667. The van der Waals surface area contributed by atoms with Crippen molar-refractivity contribution >= 4 is 11.9 Å². The van der Waals surface area contributed by atoms with E-state index in [1.807, 2.05) is 13.8 Å². The van der Waals surface area contributed by atoms with Crippen LogP contribution in [0.3, 0.4) is 0 Å². The highest BCUT2D eigenvalue weighted by Crippen LogP contribution is 2.34. The number of hydrogen-bond acceptors (Lipinski definition) is 4. The minimum atomic E-state index is -1.01. The van der Waals surface area contributed by atoms with Gasteiger partial charge in [-0.2, -0.15) is 0 Å². The molecule has 0 aliphatic carbocycles. The minimum absolute atomic E-state index is 0.0933. The second-order valence-electron chi connectivity index (χ2n) is 6.93. The molecule has 2 aliphatic heterocycles. The van der Waals surface area contributed by atoms with Crippen molar-refractivity contribution in [3.05, 3.63) is 29.8 Å². The smallest absolute Gasteiger partial charge is 0.127 e. The van der Waals surface area contributed by atoms with Crippen LogP contribution >= 0.6 is 11.9 Å². The van der Waals surface area contributed by atoms with Crippen LogP contribution in [0.25, 0.3) is 0 Å². The van der Waals surface area contributed by atoms with Gasteiger partial charge in [0.05, 0.1) is 13.2 Å². The molecule has 1 unspecified atom stereocenters. The fourth-order valence-electron chi connectivity index (χ4n) is 3.23. The van der Waals surface area contributed by atoms with Crippen molar-refractivity contribution in [3.8, 4) is 0 Å². The maximum absolute atomic E-state index is 14.7. The summed E-state index contributed by atoms with van der Waals surface area (Å²) in [5, 5.41) is 0. The Morgan fingerprint density at radius 3 is 2.74 bits per heavy atom. The van der Waals surface area contributed by atoms with E-state index in [2.05, 4.69) is 33.5 Å². The summed E-state index contributed by atoms with van der Waals surface area (Å²) >= 11 is 1.80. The lowest BCUT2D eigenvalue weighted by Crippen LogP contribution is -2.33. The van der Waals surface area contributed by atoms with Crippen LogP contribution in [0.4, 0.5) is 4.39 Å². The van der Waals surface area contributed by atoms with Crippen LogP contribution in [0, 0.1) is 5.92 Å². The molecular formula is C18H27FN2OS. The third kappa shape index (κ3) is 4.47. The fourth-order valence-corrected chi connectivity index (χ4v) is 4.20. The van der Waals surface area contributed by atoms with E-state index >= 15 is 0 Å². The number of rotatable bonds is 5. The van der Waals surface area contributed by atoms with Crippen molar-refractivity contribution in [1.82, 2.24) is 9.21 Å². The van der Waals surface area contributed by atoms with Gasteiger partial charge in [0.15, 0.2) is 0 Å². The number of ether oxygens (including phenoxy) is 1. The summed E-state index contributed by atoms with van der Waals surface area (Å²) in [4.78, 5) is 3.51. The molecule has 2 fully saturated rings. The van der Waals surface area contributed by atoms with Crippen molar-refractivity contribution < 1.29 is 9.13 Å². The SMILES string of the molecule is CC(C)C1(F)CCN(Cc2cccc(SN3CCOCC3)c2)C1. The molecule has 0 radical (unpaired) electrons. The van der Waals surface area contributed by atoms with Crippen LogP contribution < -0.4 is 0 Å². The standard InChI is InChI=1S/C18H27FN2OS/c1-15(2)18(19)6-7-20(14-18)13-16-4-3-5-17(12-16)23-21-8-10-22-11-9-21/h3-5,12,15H,6-11,13-14H2,1-2H3. The van der Waals surface area contributed by atoms with Gasteiger partial charge in [0.1, 0.15) is 5.67 Å². The Morgan fingerprint density at radius 1 is 1.26 bits per heavy atom. The molecule has 0 saturated carbocycles. The Balaban J connectivity index is 1.57. The van der Waals surface area contributed by atoms with Gasteiger partial charge in [0.2, 0.25) is 0 Å². The topological polar surface area (TPSA) is 15.7 Å². The first-order valence-electron chi connectivity index (χ1n) is 8.56. The Bertz CT molecular complexity index is 521. The van der Waals surface area contributed by atoms with Crippen molar-refractivity contribution in [2.75, 3.05) is 39.4 Å². The normalized spacial score (nSPS) is 27.0. The first-order valence-corrected chi connectivity index (χ1v) is 9.33. The van der Waals surface area contributed by atoms with Gasteiger partial charge >= 0.3 is 0 Å². The van der Waals surface area contributed by atoms with Crippen molar-refractivity contribution in [3.63, 3.8) is 0 Å². The second kappa shape index (κ2) is 7.51. The first kappa shape index (κ1) is 17.2. The molecule has 0 spiro atoms. The molecule has 0 bridgehead atoms. The highest BCUT2D eigenvalue weighted by Gasteiger charge is 2.40. The molecule has 3 nitrogen and oxygen atoms in total. The molecular weight excluding hydrogens is 311 g/mol. The maximum Gasteiger partial charge on any atom is 0.127 e. The largest absolute Gasteiger partial charge is 0.379 e. The summed E-state index contributed by atoms with van der Waals surface area (Å²) < 4.78 is 22.5. The molecule has 2 aliphatic rings.